The fourth-order valence-corrected chi connectivity index (χ4v) is 4.01. The summed E-state index contributed by atoms with van der Waals surface area (Å²) in [6.07, 6.45) is 1.27. The molecule has 37 heavy (non-hydrogen) atoms. The monoisotopic (exact) mass is 518 g/mol. The van der Waals surface area contributed by atoms with Crippen molar-refractivity contribution in [2.24, 2.45) is 5.92 Å². The van der Waals surface area contributed by atoms with Crippen molar-refractivity contribution in [3.05, 3.63) is 35.9 Å². The number of rotatable bonds is 15. The fourth-order valence-electron chi connectivity index (χ4n) is 4.01. The summed E-state index contributed by atoms with van der Waals surface area (Å²) < 4.78 is 10.6. The number of ether oxygens (including phenoxy) is 2. The van der Waals surface area contributed by atoms with Crippen LogP contribution >= 0.6 is 0 Å². The van der Waals surface area contributed by atoms with Gasteiger partial charge in [-0.05, 0) is 37.3 Å². The molecule has 1 aromatic carbocycles. The number of alkyl carbamates (subject to hydrolysis) is 1. The maximum atomic E-state index is 13.1. The van der Waals surface area contributed by atoms with Crippen molar-refractivity contribution in [3.8, 4) is 0 Å². The van der Waals surface area contributed by atoms with Crippen LogP contribution in [0.25, 0.3) is 0 Å². The zero-order valence-corrected chi connectivity index (χ0v) is 22.3. The Kier molecular flexibility index (Phi) is 13.7. The second-order valence-corrected chi connectivity index (χ2v) is 9.67. The van der Waals surface area contributed by atoms with E-state index in [1.165, 1.54) is 0 Å². The van der Waals surface area contributed by atoms with Crippen LogP contribution in [0.15, 0.2) is 30.3 Å². The Morgan fingerprint density at radius 1 is 1.03 bits per heavy atom. The van der Waals surface area contributed by atoms with Gasteiger partial charge >= 0.3 is 6.09 Å². The van der Waals surface area contributed by atoms with E-state index >= 15 is 0 Å². The number of Topliss-reactive ketones (excluding diaryl/α,β-unsaturated/α-hetero) is 1. The van der Waals surface area contributed by atoms with Crippen molar-refractivity contribution in [1.29, 1.82) is 0 Å². The topological polar surface area (TPSA) is 126 Å². The summed E-state index contributed by atoms with van der Waals surface area (Å²) in [6, 6.07) is 7.36. The van der Waals surface area contributed by atoms with Crippen molar-refractivity contribution < 1.29 is 28.7 Å². The summed E-state index contributed by atoms with van der Waals surface area (Å²) in [4.78, 5) is 53.0. The molecule has 3 amide bonds. The number of hydrogen-bond acceptors (Lipinski definition) is 7. The molecule has 1 fully saturated rings. The lowest BCUT2D eigenvalue weighted by molar-refractivity contribution is -0.140. The Labute approximate surface area is 219 Å². The molecule has 3 N–H and O–H groups in total. The van der Waals surface area contributed by atoms with Gasteiger partial charge in [-0.1, -0.05) is 57.5 Å². The Balaban J connectivity index is 1.87. The average molecular weight is 519 g/mol. The molecule has 1 aliphatic rings. The minimum Gasteiger partial charge on any atom is -0.445 e. The minimum atomic E-state index is -0.964. The highest BCUT2D eigenvalue weighted by Crippen LogP contribution is 2.08. The van der Waals surface area contributed by atoms with Gasteiger partial charge in [0.1, 0.15) is 12.6 Å². The van der Waals surface area contributed by atoms with E-state index in [9.17, 15) is 19.2 Å². The third kappa shape index (κ3) is 11.7. The van der Waals surface area contributed by atoms with Crippen LogP contribution in [-0.4, -0.2) is 80.1 Å². The van der Waals surface area contributed by atoms with E-state index in [2.05, 4.69) is 20.9 Å². The normalized spacial score (nSPS) is 15.5. The first kappa shape index (κ1) is 30.2. The molecular weight excluding hydrogens is 476 g/mol. The number of benzene rings is 1. The standard InChI is InChI=1S/C27H42N4O6/c1-4-9-22(24(32)26(34)28-12-8-13-31-14-16-36-17-15-31)29-25(33)23(18-20(2)3)30-27(35)37-19-21-10-6-5-7-11-21/h5-7,10-11,20,22-23H,4,8-9,12-19H2,1-3H3,(H,28,34)(H,29,33)(H,30,35)/t22-,23-/m0/s1. The third-order valence-corrected chi connectivity index (χ3v) is 6.00. The number of nitrogens with one attached hydrogen (secondary N) is 3. The molecule has 206 valence electrons. The predicted octanol–water partition coefficient (Wildman–Crippen LogP) is 2.02. The first-order valence-corrected chi connectivity index (χ1v) is 13.2. The number of morpholine rings is 1. The lowest BCUT2D eigenvalue weighted by Gasteiger charge is -2.26. The molecule has 0 saturated carbocycles. The number of ketones is 1. The van der Waals surface area contributed by atoms with Crippen LogP contribution in [0.3, 0.4) is 0 Å². The number of amides is 3. The maximum absolute atomic E-state index is 13.1. The molecule has 0 spiro atoms. The van der Waals surface area contributed by atoms with Crippen LogP contribution < -0.4 is 16.0 Å². The summed E-state index contributed by atoms with van der Waals surface area (Å²) in [5.74, 6) is -1.81. The first-order valence-electron chi connectivity index (χ1n) is 13.2. The van der Waals surface area contributed by atoms with Crippen LogP contribution in [-0.2, 0) is 30.5 Å². The van der Waals surface area contributed by atoms with Crippen molar-refractivity contribution in [2.45, 2.75) is 65.1 Å². The molecule has 1 heterocycles. The average Bonchev–Trinajstić information content (AvgIpc) is 2.89. The van der Waals surface area contributed by atoms with Gasteiger partial charge in [-0.25, -0.2) is 4.79 Å². The van der Waals surface area contributed by atoms with Crippen LogP contribution in [0.4, 0.5) is 4.79 Å². The molecule has 2 rings (SSSR count). The van der Waals surface area contributed by atoms with E-state index in [1.54, 1.807) is 0 Å². The van der Waals surface area contributed by atoms with E-state index in [-0.39, 0.29) is 12.5 Å². The number of nitrogens with zero attached hydrogens (tertiary/aromatic N) is 1. The van der Waals surface area contributed by atoms with Gasteiger partial charge in [0.15, 0.2) is 0 Å². The molecule has 0 aromatic heterocycles. The molecule has 1 aliphatic heterocycles. The molecule has 0 aliphatic carbocycles. The second-order valence-electron chi connectivity index (χ2n) is 9.67. The predicted molar refractivity (Wildman–Crippen MR) is 140 cm³/mol. The van der Waals surface area contributed by atoms with Gasteiger partial charge in [-0.3, -0.25) is 19.3 Å². The molecule has 10 nitrogen and oxygen atoms in total. The molecule has 2 atom stereocenters. The van der Waals surface area contributed by atoms with Gasteiger partial charge in [-0.2, -0.15) is 0 Å². The van der Waals surface area contributed by atoms with Gasteiger partial charge in [-0.15, -0.1) is 0 Å². The molecule has 0 unspecified atom stereocenters. The summed E-state index contributed by atoms with van der Waals surface area (Å²) in [5, 5.41) is 7.96. The summed E-state index contributed by atoms with van der Waals surface area (Å²) >= 11 is 0. The number of carbonyl (C=O) groups excluding carboxylic acids is 4. The zero-order chi connectivity index (χ0) is 27.0. The fraction of sp³-hybridized carbons (Fsp3) is 0.630. The van der Waals surface area contributed by atoms with Crippen molar-refractivity contribution in [3.63, 3.8) is 0 Å². The van der Waals surface area contributed by atoms with Crippen LogP contribution in [0.2, 0.25) is 0 Å². The van der Waals surface area contributed by atoms with Crippen LogP contribution in [0.1, 0.15) is 52.0 Å². The quantitative estimate of drug-likeness (QED) is 0.240. The van der Waals surface area contributed by atoms with Crippen molar-refractivity contribution >= 4 is 23.7 Å². The van der Waals surface area contributed by atoms with Gasteiger partial charge in [0, 0.05) is 19.6 Å². The summed E-state index contributed by atoms with van der Waals surface area (Å²) in [7, 11) is 0. The molecule has 1 saturated heterocycles. The SMILES string of the molecule is CCC[C@H](NC(=O)[C@H](CC(C)C)NC(=O)OCc1ccccc1)C(=O)C(=O)NCCCN1CCOCC1. The lowest BCUT2D eigenvalue weighted by atomic mass is 10.0. The summed E-state index contributed by atoms with van der Waals surface area (Å²) in [6.45, 7) is 10.1. The van der Waals surface area contributed by atoms with Crippen molar-refractivity contribution in [1.82, 2.24) is 20.9 Å². The molecular formula is C27H42N4O6. The highest BCUT2D eigenvalue weighted by Gasteiger charge is 2.30. The first-order chi connectivity index (χ1) is 17.8. The van der Waals surface area contributed by atoms with E-state index < -0.39 is 35.8 Å². The molecule has 0 bridgehead atoms. The number of hydrogen-bond donors (Lipinski definition) is 3. The molecule has 1 aromatic rings. The maximum Gasteiger partial charge on any atom is 0.408 e. The highest BCUT2D eigenvalue weighted by molar-refractivity contribution is 6.38. The van der Waals surface area contributed by atoms with Gasteiger partial charge in [0.2, 0.25) is 11.7 Å². The molecule has 0 radical (unpaired) electrons. The summed E-state index contributed by atoms with van der Waals surface area (Å²) in [5.41, 5.74) is 0.826. The van der Waals surface area contributed by atoms with E-state index in [4.69, 9.17) is 9.47 Å². The smallest absolute Gasteiger partial charge is 0.408 e. The van der Waals surface area contributed by atoms with Gasteiger partial charge in [0.25, 0.3) is 5.91 Å². The van der Waals surface area contributed by atoms with Crippen LogP contribution in [0.5, 0.6) is 0 Å². The second kappa shape index (κ2) is 16.7. The molecule has 10 heteroatoms. The van der Waals surface area contributed by atoms with Crippen LogP contribution in [0, 0.1) is 5.92 Å². The van der Waals surface area contributed by atoms with E-state index in [0.29, 0.717) is 39.0 Å². The van der Waals surface area contributed by atoms with E-state index in [0.717, 1.165) is 31.6 Å². The van der Waals surface area contributed by atoms with Crippen molar-refractivity contribution in [2.75, 3.05) is 39.4 Å². The highest BCUT2D eigenvalue weighted by atomic mass is 16.5. The Hall–Kier alpha value is -2.98. The lowest BCUT2D eigenvalue weighted by Crippen LogP contribution is -2.54. The third-order valence-electron chi connectivity index (χ3n) is 6.00. The van der Waals surface area contributed by atoms with Gasteiger partial charge in [0.05, 0.1) is 19.3 Å². The van der Waals surface area contributed by atoms with E-state index in [1.807, 2.05) is 51.1 Å². The number of carbonyl (C=O) groups is 4. The zero-order valence-electron chi connectivity index (χ0n) is 22.3. The Morgan fingerprint density at radius 3 is 2.38 bits per heavy atom. The largest absolute Gasteiger partial charge is 0.445 e. The minimum absolute atomic E-state index is 0.0747. The van der Waals surface area contributed by atoms with Gasteiger partial charge < -0.3 is 25.4 Å². The Morgan fingerprint density at radius 2 is 1.73 bits per heavy atom. The Bertz CT molecular complexity index is 858.